The van der Waals surface area contributed by atoms with E-state index in [4.69, 9.17) is 11.6 Å². The highest BCUT2D eigenvalue weighted by atomic mass is 79.9. The highest BCUT2D eigenvalue weighted by molar-refractivity contribution is 9.10. The van der Waals surface area contributed by atoms with Gasteiger partial charge in [0, 0.05) is 17.6 Å². The van der Waals surface area contributed by atoms with Crippen LogP contribution in [0.1, 0.15) is 25.7 Å². The molecule has 3 aromatic rings. The summed E-state index contributed by atoms with van der Waals surface area (Å²) in [5, 5.41) is 4.87. The summed E-state index contributed by atoms with van der Waals surface area (Å²) in [7, 11) is 0. The maximum atomic E-state index is 6.57. The fourth-order valence-electron chi connectivity index (χ4n) is 3.24. The van der Waals surface area contributed by atoms with E-state index in [1.807, 2.05) is 16.6 Å². The van der Waals surface area contributed by atoms with Gasteiger partial charge < -0.3 is 4.90 Å². The number of halogens is 2. The van der Waals surface area contributed by atoms with E-state index >= 15 is 0 Å². The molecule has 1 fully saturated rings. The number of hydrogen-bond donors (Lipinski definition) is 0. The lowest BCUT2D eigenvalue weighted by molar-refractivity contribution is 0.726. The Bertz CT molecular complexity index is 853. The van der Waals surface area contributed by atoms with E-state index in [-0.39, 0.29) is 0 Å². The molecule has 0 aliphatic carbocycles. The Morgan fingerprint density at radius 1 is 1.00 bits per heavy atom. The number of fused-ring (bicyclic) bond motifs is 1. The summed E-state index contributed by atoms with van der Waals surface area (Å²) in [5.74, 6) is 1.53. The normalized spacial score (nSPS) is 15.7. The maximum Gasteiger partial charge on any atom is 0.255 e. The summed E-state index contributed by atoms with van der Waals surface area (Å²) < 4.78 is 2.85. The Labute approximate surface area is 153 Å². The topological polar surface area (TPSA) is 46.3 Å². The fourth-order valence-corrected chi connectivity index (χ4v) is 3.78. The first-order valence-corrected chi connectivity index (χ1v) is 9.31. The lowest BCUT2D eigenvalue weighted by atomic mass is 10.1. The molecule has 0 spiro atoms. The Morgan fingerprint density at radius 3 is 2.42 bits per heavy atom. The molecule has 0 N–H and O–H groups in total. The average Bonchev–Trinajstić information content (AvgIpc) is 2.88. The smallest absolute Gasteiger partial charge is 0.255 e. The van der Waals surface area contributed by atoms with Gasteiger partial charge in [0.1, 0.15) is 17.3 Å². The van der Waals surface area contributed by atoms with Gasteiger partial charge in [0.15, 0.2) is 0 Å². The van der Waals surface area contributed by atoms with Gasteiger partial charge >= 0.3 is 0 Å². The van der Waals surface area contributed by atoms with Crippen LogP contribution < -0.4 is 4.90 Å². The molecule has 0 radical (unpaired) electrons. The van der Waals surface area contributed by atoms with Crippen LogP contribution in [0.5, 0.6) is 0 Å². The Morgan fingerprint density at radius 2 is 1.71 bits per heavy atom. The van der Waals surface area contributed by atoms with Gasteiger partial charge in [0.05, 0.1) is 5.56 Å². The second-order valence-electron chi connectivity index (χ2n) is 5.98. The average molecular weight is 407 g/mol. The van der Waals surface area contributed by atoms with Crippen molar-refractivity contribution < 1.29 is 0 Å². The van der Waals surface area contributed by atoms with Crippen LogP contribution in [0.2, 0.25) is 5.15 Å². The summed E-state index contributed by atoms with van der Waals surface area (Å²) in [4.78, 5) is 11.0. The Kier molecular flexibility index (Phi) is 4.41. The van der Waals surface area contributed by atoms with E-state index in [0.717, 1.165) is 34.5 Å². The van der Waals surface area contributed by atoms with Crippen LogP contribution in [0.3, 0.4) is 0 Å². The molecular weight excluding hydrogens is 390 g/mol. The highest BCUT2D eigenvalue weighted by Crippen LogP contribution is 2.37. The molecule has 1 aromatic carbocycles. The van der Waals surface area contributed by atoms with Gasteiger partial charge in [0.2, 0.25) is 0 Å². The Balaban J connectivity index is 1.95. The van der Waals surface area contributed by atoms with Crippen molar-refractivity contribution in [1.82, 2.24) is 19.6 Å². The number of nitrogens with zero attached hydrogens (tertiary/aromatic N) is 5. The van der Waals surface area contributed by atoms with Crippen molar-refractivity contribution in [2.24, 2.45) is 0 Å². The standard InChI is InChI=1S/C17H17BrClN5/c18-13-7-5-12(6-8-13)14-15(19)22-17-20-11-21-24(17)16(14)23-9-3-1-2-4-10-23/h5-8,11H,1-4,9-10H2. The summed E-state index contributed by atoms with van der Waals surface area (Å²) >= 11 is 10.1. The van der Waals surface area contributed by atoms with Crippen molar-refractivity contribution in [3.63, 3.8) is 0 Å². The highest BCUT2D eigenvalue weighted by Gasteiger charge is 2.23. The van der Waals surface area contributed by atoms with Crippen LogP contribution in [-0.2, 0) is 0 Å². The molecule has 7 heteroatoms. The van der Waals surface area contributed by atoms with Crippen molar-refractivity contribution in [3.8, 4) is 11.1 Å². The van der Waals surface area contributed by atoms with Crippen LogP contribution in [0.4, 0.5) is 5.82 Å². The van der Waals surface area contributed by atoms with Crippen molar-refractivity contribution in [3.05, 3.63) is 40.2 Å². The largest absolute Gasteiger partial charge is 0.356 e. The van der Waals surface area contributed by atoms with Gasteiger partial charge in [-0.05, 0) is 30.5 Å². The quantitative estimate of drug-likeness (QED) is 0.584. The minimum Gasteiger partial charge on any atom is -0.356 e. The first kappa shape index (κ1) is 15.8. The monoisotopic (exact) mass is 405 g/mol. The van der Waals surface area contributed by atoms with E-state index in [0.29, 0.717) is 10.9 Å². The summed E-state index contributed by atoms with van der Waals surface area (Å²) in [6, 6.07) is 8.14. The fraction of sp³-hybridized carbons (Fsp3) is 0.353. The number of benzene rings is 1. The van der Waals surface area contributed by atoms with Gasteiger partial charge in [-0.15, -0.1) is 0 Å². The van der Waals surface area contributed by atoms with Gasteiger partial charge in [-0.1, -0.05) is 52.5 Å². The van der Waals surface area contributed by atoms with Crippen molar-refractivity contribution in [2.45, 2.75) is 25.7 Å². The molecule has 1 aliphatic heterocycles. The van der Waals surface area contributed by atoms with Crippen LogP contribution >= 0.6 is 27.5 Å². The van der Waals surface area contributed by atoms with Gasteiger partial charge in [-0.3, -0.25) is 0 Å². The van der Waals surface area contributed by atoms with E-state index in [2.05, 4.69) is 48.0 Å². The summed E-state index contributed by atoms with van der Waals surface area (Å²) in [6.45, 7) is 2.00. The van der Waals surface area contributed by atoms with E-state index in [1.54, 1.807) is 0 Å². The lowest BCUT2D eigenvalue weighted by Crippen LogP contribution is -2.27. The minimum absolute atomic E-state index is 0.470. The predicted octanol–water partition coefficient (Wildman–Crippen LogP) is 4.59. The zero-order chi connectivity index (χ0) is 16.5. The third-order valence-corrected chi connectivity index (χ3v) is 5.20. The van der Waals surface area contributed by atoms with Crippen molar-refractivity contribution in [2.75, 3.05) is 18.0 Å². The molecule has 0 saturated carbocycles. The molecule has 0 unspecified atom stereocenters. The Hall–Kier alpha value is -1.66. The zero-order valence-electron chi connectivity index (χ0n) is 13.1. The first-order chi connectivity index (χ1) is 11.7. The molecule has 4 rings (SSSR count). The molecule has 0 amide bonds. The van der Waals surface area contributed by atoms with Gasteiger partial charge in [0.25, 0.3) is 5.78 Å². The van der Waals surface area contributed by atoms with Crippen LogP contribution in [0.25, 0.3) is 16.9 Å². The number of anilines is 1. The molecule has 1 aliphatic rings. The van der Waals surface area contributed by atoms with E-state index in [9.17, 15) is 0 Å². The van der Waals surface area contributed by atoms with Gasteiger partial charge in [-0.25, -0.2) is 0 Å². The van der Waals surface area contributed by atoms with Crippen LogP contribution in [0.15, 0.2) is 35.1 Å². The molecule has 0 bridgehead atoms. The molecular formula is C17H17BrClN5. The molecule has 3 heterocycles. The first-order valence-electron chi connectivity index (χ1n) is 8.14. The molecule has 0 atom stereocenters. The van der Waals surface area contributed by atoms with Crippen molar-refractivity contribution >= 4 is 39.1 Å². The molecule has 2 aromatic heterocycles. The lowest BCUT2D eigenvalue weighted by Gasteiger charge is -2.26. The van der Waals surface area contributed by atoms with Gasteiger partial charge in [-0.2, -0.15) is 19.6 Å². The summed E-state index contributed by atoms with van der Waals surface area (Å²) in [6.07, 6.45) is 6.42. The zero-order valence-corrected chi connectivity index (χ0v) is 15.5. The second-order valence-corrected chi connectivity index (χ2v) is 7.25. The van der Waals surface area contributed by atoms with Crippen molar-refractivity contribution in [1.29, 1.82) is 0 Å². The van der Waals surface area contributed by atoms with Crippen LogP contribution in [0, 0.1) is 0 Å². The third kappa shape index (κ3) is 2.89. The molecule has 1 saturated heterocycles. The van der Waals surface area contributed by atoms with E-state index in [1.165, 1.54) is 32.0 Å². The second kappa shape index (κ2) is 6.69. The minimum atomic E-state index is 0.470. The maximum absolute atomic E-state index is 6.57. The number of rotatable bonds is 2. The van der Waals surface area contributed by atoms with Crippen LogP contribution in [-0.4, -0.2) is 32.7 Å². The SMILES string of the molecule is Clc1nc2ncnn2c(N2CCCCCC2)c1-c1ccc(Br)cc1. The predicted molar refractivity (Wildman–Crippen MR) is 99.6 cm³/mol. The number of hydrogen-bond acceptors (Lipinski definition) is 4. The molecule has 124 valence electrons. The third-order valence-electron chi connectivity index (χ3n) is 4.40. The summed E-state index contributed by atoms with van der Waals surface area (Å²) in [5.41, 5.74) is 1.96. The number of aromatic nitrogens is 4. The van der Waals surface area contributed by atoms with E-state index < -0.39 is 0 Å². The molecule has 24 heavy (non-hydrogen) atoms. The molecule has 5 nitrogen and oxygen atoms in total.